The van der Waals surface area contributed by atoms with E-state index in [4.69, 9.17) is 5.11 Å². The number of carboxylic acids is 1. The number of unbranched alkanes of at least 4 members (excludes halogenated alkanes) is 3. The number of carbonyl (C=O) groups excluding carboxylic acids is 2. The minimum Gasteiger partial charge on any atom is -0.481 e. The first-order valence-corrected chi connectivity index (χ1v) is 10.3. The number of allylic oxidation sites excluding steroid dienone is 1. The summed E-state index contributed by atoms with van der Waals surface area (Å²) in [4.78, 5) is 35.5. The van der Waals surface area contributed by atoms with Crippen molar-refractivity contribution < 1.29 is 24.6 Å². The zero-order valence-corrected chi connectivity index (χ0v) is 17.1. The van der Waals surface area contributed by atoms with Crippen LogP contribution < -0.4 is 0 Å². The maximum Gasteiger partial charge on any atom is 0.303 e. The Balaban J connectivity index is 2.60. The maximum atomic E-state index is 12.7. The summed E-state index contributed by atoms with van der Waals surface area (Å²) in [5, 5.41) is 18.8. The zero-order chi connectivity index (χ0) is 20.4. The fraction of sp³-hybridized carbons (Fsp3) is 0.773. The van der Waals surface area contributed by atoms with Crippen molar-refractivity contribution in [2.75, 3.05) is 0 Å². The molecule has 3 atom stereocenters. The molecule has 0 heterocycles. The minimum absolute atomic E-state index is 0.0173. The van der Waals surface area contributed by atoms with Crippen LogP contribution in [-0.4, -0.2) is 33.9 Å². The highest BCUT2D eigenvalue weighted by Gasteiger charge is 2.46. The predicted octanol–water partition coefficient (Wildman–Crippen LogP) is 4.32. The van der Waals surface area contributed by atoms with Crippen LogP contribution in [0.3, 0.4) is 0 Å². The third kappa shape index (κ3) is 8.37. The molecule has 5 nitrogen and oxygen atoms in total. The van der Waals surface area contributed by atoms with Crippen molar-refractivity contribution in [2.24, 2.45) is 17.3 Å². The van der Waals surface area contributed by atoms with Crippen LogP contribution in [0, 0.1) is 17.3 Å². The Morgan fingerprint density at radius 1 is 1.19 bits per heavy atom. The summed E-state index contributed by atoms with van der Waals surface area (Å²) in [6, 6.07) is 0. The van der Waals surface area contributed by atoms with E-state index in [0.717, 1.165) is 25.7 Å². The second-order valence-corrected chi connectivity index (χ2v) is 8.51. The number of rotatable bonds is 13. The van der Waals surface area contributed by atoms with Gasteiger partial charge in [0.25, 0.3) is 0 Å². The molecule has 1 saturated carbocycles. The van der Waals surface area contributed by atoms with Crippen molar-refractivity contribution in [3.63, 3.8) is 0 Å². The van der Waals surface area contributed by atoms with Crippen LogP contribution >= 0.6 is 0 Å². The lowest BCUT2D eigenvalue weighted by atomic mass is 9.87. The molecule has 154 valence electrons. The SMILES string of the molecule is CCCCC[C@H](O)/C=C/[C@H]1CC(C)(C)C(=O)[C@@H]1CC(=O)CCCCC(=O)O. The standard InChI is InChI=1S/C22H36O5/c1-4-5-6-9-17(23)13-12-16-15-22(2,3)21(27)19(16)14-18(24)10-7-8-11-20(25)26/h12-13,16-17,19,23H,4-11,14-15H2,1-3H3,(H,25,26)/b13-12+/t16-,17-,19+/m0/s1. The molecule has 0 aromatic carbocycles. The lowest BCUT2D eigenvalue weighted by Gasteiger charge is -2.15. The van der Waals surface area contributed by atoms with Crippen molar-refractivity contribution >= 4 is 17.5 Å². The van der Waals surface area contributed by atoms with Crippen LogP contribution in [0.1, 0.15) is 85.0 Å². The summed E-state index contributed by atoms with van der Waals surface area (Å²) >= 11 is 0. The van der Waals surface area contributed by atoms with E-state index in [-0.39, 0.29) is 36.2 Å². The first-order valence-electron chi connectivity index (χ1n) is 10.3. The van der Waals surface area contributed by atoms with Gasteiger partial charge in [-0.15, -0.1) is 0 Å². The van der Waals surface area contributed by atoms with Crippen molar-refractivity contribution in [3.8, 4) is 0 Å². The van der Waals surface area contributed by atoms with Gasteiger partial charge < -0.3 is 10.2 Å². The monoisotopic (exact) mass is 380 g/mol. The highest BCUT2D eigenvalue weighted by molar-refractivity contribution is 5.93. The van der Waals surface area contributed by atoms with Gasteiger partial charge in [0.1, 0.15) is 11.6 Å². The minimum atomic E-state index is -0.849. The Bertz CT molecular complexity index is 535. The molecule has 2 N–H and O–H groups in total. The Hall–Kier alpha value is -1.49. The number of aliphatic carboxylic acids is 1. The molecular formula is C22H36O5. The largest absolute Gasteiger partial charge is 0.481 e. The van der Waals surface area contributed by atoms with Gasteiger partial charge in [0.05, 0.1) is 6.10 Å². The van der Waals surface area contributed by atoms with Gasteiger partial charge in [-0.05, 0) is 31.6 Å². The van der Waals surface area contributed by atoms with Crippen molar-refractivity contribution in [2.45, 2.75) is 91.1 Å². The average Bonchev–Trinajstić information content (AvgIpc) is 2.80. The van der Waals surface area contributed by atoms with Gasteiger partial charge in [0.2, 0.25) is 0 Å². The molecule has 1 rings (SSSR count). The zero-order valence-electron chi connectivity index (χ0n) is 17.1. The molecule has 0 amide bonds. The van der Waals surface area contributed by atoms with Crippen LogP contribution in [0.4, 0.5) is 0 Å². The molecule has 27 heavy (non-hydrogen) atoms. The molecule has 1 aliphatic carbocycles. The molecule has 0 aromatic heterocycles. The molecule has 1 aliphatic rings. The van der Waals surface area contributed by atoms with Crippen LogP contribution in [0.5, 0.6) is 0 Å². The van der Waals surface area contributed by atoms with E-state index in [0.29, 0.717) is 25.7 Å². The van der Waals surface area contributed by atoms with E-state index in [1.54, 1.807) is 6.08 Å². The van der Waals surface area contributed by atoms with E-state index in [9.17, 15) is 19.5 Å². The van der Waals surface area contributed by atoms with Crippen LogP contribution in [0.2, 0.25) is 0 Å². The van der Waals surface area contributed by atoms with Crippen molar-refractivity contribution in [3.05, 3.63) is 12.2 Å². The molecule has 0 aliphatic heterocycles. The average molecular weight is 381 g/mol. The van der Waals surface area contributed by atoms with E-state index >= 15 is 0 Å². The summed E-state index contributed by atoms with van der Waals surface area (Å²) in [6.07, 6.45) is 9.49. The number of hydrogen-bond donors (Lipinski definition) is 2. The Morgan fingerprint density at radius 2 is 1.85 bits per heavy atom. The van der Waals surface area contributed by atoms with Gasteiger partial charge >= 0.3 is 5.97 Å². The summed E-state index contributed by atoms with van der Waals surface area (Å²) < 4.78 is 0. The van der Waals surface area contributed by atoms with Gasteiger partial charge in [-0.2, -0.15) is 0 Å². The lowest BCUT2D eigenvalue weighted by molar-refractivity contribution is -0.137. The fourth-order valence-corrected chi connectivity index (χ4v) is 3.89. The van der Waals surface area contributed by atoms with Gasteiger partial charge in [-0.25, -0.2) is 0 Å². The number of Topliss-reactive ketones (excluding diaryl/α,β-unsaturated/α-hetero) is 2. The third-order valence-electron chi connectivity index (χ3n) is 5.49. The molecule has 0 radical (unpaired) electrons. The molecular weight excluding hydrogens is 344 g/mol. The van der Waals surface area contributed by atoms with Crippen LogP contribution in [-0.2, 0) is 14.4 Å². The van der Waals surface area contributed by atoms with E-state index < -0.39 is 17.5 Å². The molecule has 0 saturated heterocycles. The first-order chi connectivity index (χ1) is 12.7. The second kappa shape index (κ2) is 11.4. The Kier molecular flexibility index (Phi) is 9.92. The smallest absolute Gasteiger partial charge is 0.303 e. The van der Waals surface area contributed by atoms with Gasteiger partial charge in [0.15, 0.2) is 0 Å². The van der Waals surface area contributed by atoms with Crippen molar-refractivity contribution in [1.82, 2.24) is 0 Å². The summed E-state index contributed by atoms with van der Waals surface area (Å²) in [6.45, 7) is 5.97. The molecule has 0 unspecified atom stereocenters. The Labute approximate surface area is 163 Å². The molecule has 0 bridgehead atoms. The van der Waals surface area contributed by atoms with Crippen LogP contribution in [0.15, 0.2) is 12.2 Å². The normalized spacial score (nSPS) is 23.0. The number of hydrogen-bond acceptors (Lipinski definition) is 4. The number of ketones is 2. The molecule has 0 spiro atoms. The number of aliphatic hydroxyl groups excluding tert-OH is 1. The topological polar surface area (TPSA) is 91.7 Å². The van der Waals surface area contributed by atoms with Gasteiger partial charge in [-0.1, -0.05) is 52.2 Å². The predicted molar refractivity (Wildman–Crippen MR) is 105 cm³/mol. The van der Waals surface area contributed by atoms with Crippen molar-refractivity contribution in [1.29, 1.82) is 0 Å². The highest BCUT2D eigenvalue weighted by atomic mass is 16.4. The summed E-state index contributed by atoms with van der Waals surface area (Å²) in [7, 11) is 0. The number of aliphatic hydroxyl groups is 1. The fourth-order valence-electron chi connectivity index (χ4n) is 3.89. The quantitative estimate of drug-likeness (QED) is 0.367. The van der Waals surface area contributed by atoms with Gasteiger partial charge in [0, 0.05) is 30.6 Å². The lowest BCUT2D eigenvalue weighted by Crippen LogP contribution is -2.24. The van der Waals surface area contributed by atoms with Gasteiger partial charge in [-0.3, -0.25) is 14.4 Å². The summed E-state index contributed by atoms with van der Waals surface area (Å²) in [5.74, 6) is -1.05. The summed E-state index contributed by atoms with van der Waals surface area (Å²) in [5.41, 5.74) is -0.448. The number of carboxylic acid groups (broad SMARTS) is 1. The van der Waals surface area contributed by atoms with Crippen LogP contribution in [0.25, 0.3) is 0 Å². The third-order valence-corrected chi connectivity index (χ3v) is 5.49. The molecule has 0 aromatic rings. The van der Waals surface area contributed by atoms with E-state index in [2.05, 4.69) is 6.92 Å². The Morgan fingerprint density at radius 3 is 2.48 bits per heavy atom. The maximum absolute atomic E-state index is 12.7. The molecule has 1 fully saturated rings. The second-order valence-electron chi connectivity index (χ2n) is 8.51. The number of carbonyl (C=O) groups is 3. The first kappa shape index (κ1) is 23.5. The highest BCUT2D eigenvalue weighted by Crippen LogP contribution is 2.44. The van der Waals surface area contributed by atoms with E-state index in [1.165, 1.54) is 0 Å². The van der Waals surface area contributed by atoms with E-state index in [1.807, 2.05) is 19.9 Å². The molecule has 5 heteroatoms.